The van der Waals surface area contributed by atoms with Crippen LogP contribution in [0.3, 0.4) is 0 Å². The summed E-state index contributed by atoms with van der Waals surface area (Å²) < 4.78 is 21.6. The highest BCUT2D eigenvalue weighted by Gasteiger charge is 2.17. The minimum absolute atomic E-state index is 0.272. The van der Waals surface area contributed by atoms with Gasteiger partial charge in [-0.25, -0.2) is 4.79 Å². The molecule has 0 saturated carbocycles. The molecule has 0 spiro atoms. The average Bonchev–Trinajstić information content (AvgIpc) is 2.53. The van der Waals surface area contributed by atoms with Gasteiger partial charge in [0.05, 0.1) is 5.02 Å². The smallest absolute Gasteiger partial charge is 0.346 e. The van der Waals surface area contributed by atoms with Crippen molar-refractivity contribution in [3.63, 3.8) is 0 Å². The van der Waals surface area contributed by atoms with E-state index >= 15 is 0 Å². The molecule has 0 N–H and O–H groups in total. The number of ether oxygens (including phenoxy) is 4. The highest BCUT2D eigenvalue weighted by molar-refractivity contribution is 6.35. The van der Waals surface area contributed by atoms with Crippen LogP contribution in [0.4, 0.5) is 0 Å². The fourth-order valence-electron chi connectivity index (χ4n) is 1.76. The van der Waals surface area contributed by atoms with Gasteiger partial charge in [0.25, 0.3) is 0 Å². The maximum atomic E-state index is 11.9. The summed E-state index contributed by atoms with van der Waals surface area (Å²) in [4.78, 5) is 11.9. The Morgan fingerprint density at radius 1 is 1.25 bits per heavy atom. The Hall–Kier alpha value is -1.01. The van der Waals surface area contributed by atoms with Crippen LogP contribution in [0, 0.1) is 0 Å². The summed E-state index contributed by atoms with van der Waals surface area (Å²) in [7, 11) is 0. The molecule has 136 valence electrons. The quantitative estimate of drug-likeness (QED) is 0.313. The number of benzene rings is 1. The molecule has 24 heavy (non-hydrogen) atoms. The number of carbonyl (C=O) groups is 1. The van der Waals surface area contributed by atoms with E-state index in [-0.39, 0.29) is 6.61 Å². The van der Waals surface area contributed by atoms with Crippen LogP contribution in [0.15, 0.2) is 18.2 Å². The van der Waals surface area contributed by atoms with Crippen LogP contribution in [-0.2, 0) is 19.0 Å². The van der Waals surface area contributed by atoms with Gasteiger partial charge in [-0.05, 0) is 31.5 Å². The van der Waals surface area contributed by atoms with Crippen molar-refractivity contribution in [2.24, 2.45) is 0 Å². The fourth-order valence-corrected chi connectivity index (χ4v) is 2.23. The maximum absolute atomic E-state index is 11.9. The lowest BCUT2D eigenvalue weighted by Crippen LogP contribution is -2.29. The second-order valence-corrected chi connectivity index (χ2v) is 5.96. The molecule has 0 bridgehead atoms. The van der Waals surface area contributed by atoms with Crippen molar-refractivity contribution in [3.05, 3.63) is 28.2 Å². The number of hydrogen-bond donors (Lipinski definition) is 0. The number of hydrogen-bond acceptors (Lipinski definition) is 5. The van der Waals surface area contributed by atoms with E-state index in [1.165, 1.54) is 6.07 Å². The van der Waals surface area contributed by atoms with Crippen molar-refractivity contribution < 1.29 is 23.7 Å². The van der Waals surface area contributed by atoms with Crippen LogP contribution in [-0.4, -0.2) is 31.8 Å². The molecule has 0 radical (unpaired) electrons. The molecule has 7 heteroatoms. The van der Waals surface area contributed by atoms with E-state index < -0.39 is 18.5 Å². The summed E-state index contributed by atoms with van der Waals surface area (Å²) >= 11 is 11.8. The van der Waals surface area contributed by atoms with Gasteiger partial charge in [-0.3, -0.25) is 0 Å². The molecule has 1 aromatic rings. The second kappa shape index (κ2) is 11.5. The topological polar surface area (TPSA) is 54.0 Å². The molecule has 0 heterocycles. The zero-order valence-corrected chi connectivity index (χ0v) is 15.7. The molecule has 5 nitrogen and oxygen atoms in total. The number of halogens is 2. The average molecular weight is 379 g/mol. The Bertz CT molecular complexity index is 510. The van der Waals surface area contributed by atoms with Gasteiger partial charge in [0.15, 0.2) is 12.9 Å². The van der Waals surface area contributed by atoms with Gasteiger partial charge in [0.1, 0.15) is 5.75 Å². The van der Waals surface area contributed by atoms with Crippen molar-refractivity contribution in [1.29, 1.82) is 0 Å². The minimum atomic E-state index is -0.682. The lowest BCUT2D eigenvalue weighted by Gasteiger charge is -2.21. The van der Waals surface area contributed by atoms with Crippen molar-refractivity contribution in [3.8, 4) is 5.75 Å². The SMILES string of the molecule is CCCCOC(C)OC(CC)OC(=O)COc1ccc(Cl)cc1Cl. The van der Waals surface area contributed by atoms with E-state index in [0.717, 1.165) is 12.8 Å². The summed E-state index contributed by atoms with van der Waals surface area (Å²) in [5.74, 6) is -0.183. The molecule has 0 aliphatic heterocycles. The molecular formula is C17H24Cl2O5. The minimum Gasteiger partial charge on any atom is -0.480 e. The van der Waals surface area contributed by atoms with Crippen LogP contribution >= 0.6 is 23.2 Å². The maximum Gasteiger partial charge on any atom is 0.346 e. The van der Waals surface area contributed by atoms with E-state index in [9.17, 15) is 4.79 Å². The first kappa shape index (κ1) is 21.0. The highest BCUT2D eigenvalue weighted by atomic mass is 35.5. The van der Waals surface area contributed by atoms with Crippen molar-refractivity contribution >= 4 is 29.2 Å². The van der Waals surface area contributed by atoms with Crippen molar-refractivity contribution in [1.82, 2.24) is 0 Å². The van der Waals surface area contributed by atoms with Crippen LogP contribution in [0.5, 0.6) is 5.75 Å². The molecule has 0 saturated heterocycles. The van der Waals surface area contributed by atoms with Gasteiger partial charge in [0, 0.05) is 18.1 Å². The fraction of sp³-hybridized carbons (Fsp3) is 0.588. The molecule has 0 fully saturated rings. The van der Waals surface area contributed by atoms with Gasteiger partial charge in [-0.2, -0.15) is 0 Å². The molecule has 0 aromatic heterocycles. The first-order valence-electron chi connectivity index (χ1n) is 8.00. The summed E-state index contributed by atoms with van der Waals surface area (Å²) in [5, 5.41) is 0.822. The monoisotopic (exact) mass is 378 g/mol. The van der Waals surface area contributed by atoms with Crippen molar-refractivity contribution in [2.75, 3.05) is 13.2 Å². The molecule has 1 rings (SSSR count). The molecule has 2 atom stereocenters. The van der Waals surface area contributed by atoms with Gasteiger partial charge in [-0.1, -0.05) is 43.5 Å². The highest BCUT2D eigenvalue weighted by Crippen LogP contribution is 2.27. The largest absolute Gasteiger partial charge is 0.480 e. The molecule has 0 aliphatic rings. The lowest BCUT2D eigenvalue weighted by molar-refractivity contribution is -0.236. The Balaban J connectivity index is 2.38. The molecular weight excluding hydrogens is 355 g/mol. The third kappa shape index (κ3) is 8.20. The van der Waals surface area contributed by atoms with Crippen LogP contribution < -0.4 is 4.74 Å². The van der Waals surface area contributed by atoms with E-state index in [1.807, 2.05) is 6.92 Å². The Morgan fingerprint density at radius 2 is 2.00 bits per heavy atom. The Labute approximate surface area is 153 Å². The van der Waals surface area contributed by atoms with Gasteiger partial charge >= 0.3 is 5.97 Å². The van der Waals surface area contributed by atoms with E-state index in [0.29, 0.717) is 28.8 Å². The number of rotatable bonds is 11. The Morgan fingerprint density at radius 3 is 2.62 bits per heavy atom. The number of esters is 1. The van der Waals surface area contributed by atoms with Crippen LogP contribution in [0.2, 0.25) is 10.0 Å². The summed E-state index contributed by atoms with van der Waals surface area (Å²) in [5.41, 5.74) is 0. The van der Waals surface area contributed by atoms with Gasteiger partial charge in [-0.15, -0.1) is 0 Å². The normalized spacial score (nSPS) is 13.4. The second-order valence-electron chi connectivity index (χ2n) is 5.12. The van der Waals surface area contributed by atoms with Gasteiger partial charge < -0.3 is 18.9 Å². The standard InChI is InChI=1S/C17H24Cl2O5/c1-4-6-9-21-12(3)23-17(5-2)24-16(20)11-22-15-8-7-13(18)10-14(15)19/h7-8,10,12,17H,4-6,9,11H2,1-3H3. The van der Waals surface area contributed by atoms with E-state index in [2.05, 4.69) is 6.92 Å². The van der Waals surface area contributed by atoms with E-state index in [1.54, 1.807) is 19.1 Å². The summed E-state index contributed by atoms with van der Waals surface area (Å²) in [6, 6.07) is 4.76. The molecule has 0 amide bonds. The zero-order chi connectivity index (χ0) is 17.9. The van der Waals surface area contributed by atoms with Crippen molar-refractivity contribution in [2.45, 2.75) is 52.6 Å². The Kier molecular flexibility index (Phi) is 10.1. The lowest BCUT2D eigenvalue weighted by atomic mass is 10.3. The van der Waals surface area contributed by atoms with Crippen LogP contribution in [0.1, 0.15) is 40.0 Å². The third-order valence-electron chi connectivity index (χ3n) is 3.03. The predicted molar refractivity (Wildman–Crippen MR) is 93.5 cm³/mol. The molecule has 0 aliphatic carbocycles. The number of carbonyl (C=O) groups excluding carboxylic acids is 1. The third-order valence-corrected chi connectivity index (χ3v) is 3.56. The zero-order valence-electron chi connectivity index (χ0n) is 14.2. The summed E-state index contributed by atoms with van der Waals surface area (Å²) in [6.07, 6.45) is 1.39. The summed E-state index contributed by atoms with van der Waals surface area (Å²) in [6.45, 7) is 6.05. The molecule has 2 unspecified atom stereocenters. The van der Waals surface area contributed by atoms with E-state index in [4.69, 9.17) is 42.1 Å². The predicted octanol–water partition coefficient (Wildman–Crippen LogP) is 4.83. The van der Waals surface area contributed by atoms with Gasteiger partial charge in [0.2, 0.25) is 6.29 Å². The first-order chi connectivity index (χ1) is 11.5. The molecule has 1 aromatic carbocycles. The number of unbranched alkanes of at least 4 members (excludes halogenated alkanes) is 1. The first-order valence-corrected chi connectivity index (χ1v) is 8.76. The van der Waals surface area contributed by atoms with Crippen LogP contribution in [0.25, 0.3) is 0 Å².